The van der Waals surface area contributed by atoms with Gasteiger partial charge >= 0.3 is 0 Å². The zero-order chi connectivity index (χ0) is 22.2. The number of phenolic OH excluding ortho intramolecular Hbond substituents is 1. The van der Waals surface area contributed by atoms with E-state index in [2.05, 4.69) is 27.7 Å². The Bertz CT molecular complexity index is 1170. The molecule has 3 aromatic carbocycles. The van der Waals surface area contributed by atoms with Gasteiger partial charge in [-0.15, -0.1) is 0 Å². The van der Waals surface area contributed by atoms with Crippen molar-refractivity contribution in [2.75, 3.05) is 23.3 Å². The lowest BCUT2D eigenvalue weighted by molar-refractivity contribution is -0.114. The lowest BCUT2D eigenvalue weighted by atomic mass is 9.96. The number of anilines is 2. The first-order chi connectivity index (χ1) is 15.5. The Balaban J connectivity index is 1.47. The Hall–Kier alpha value is -3.38. The molecule has 1 amide bonds. The predicted molar refractivity (Wildman–Crippen MR) is 125 cm³/mol. The zero-order valence-electron chi connectivity index (χ0n) is 17.9. The number of carbonyl (C=O) groups is 1. The van der Waals surface area contributed by atoms with E-state index in [9.17, 15) is 14.3 Å². The monoisotopic (exact) mass is 431 g/mol. The maximum Gasteiger partial charge on any atom is 0.221 e. The van der Waals surface area contributed by atoms with Crippen molar-refractivity contribution in [3.8, 4) is 28.0 Å². The number of rotatable bonds is 4. The van der Waals surface area contributed by atoms with Crippen LogP contribution in [0.2, 0.25) is 0 Å². The topological polar surface area (TPSA) is 64.6 Å². The molecule has 0 radical (unpaired) electrons. The van der Waals surface area contributed by atoms with E-state index in [-0.39, 0.29) is 17.3 Å². The number of carbonyl (C=O) groups excluding carboxylic acids is 1. The Labute approximate surface area is 186 Å². The molecule has 3 aromatic rings. The summed E-state index contributed by atoms with van der Waals surface area (Å²) in [6, 6.07) is 19.4. The lowest BCUT2D eigenvalue weighted by Gasteiger charge is -2.34. The molecule has 2 aliphatic heterocycles. The molecule has 6 heteroatoms. The minimum absolute atomic E-state index is 0.108. The summed E-state index contributed by atoms with van der Waals surface area (Å²) in [5, 5.41) is 17.2. The van der Waals surface area contributed by atoms with Crippen LogP contribution in [0.3, 0.4) is 0 Å². The van der Waals surface area contributed by atoms with Gasteiger partial charge in [0.15, 0.2) is 0 Å². The van der Waals surface area contributed by atoms with Gasteiger partial charge in [0.25, 0.3) is 0 Å². The number of phenols is 1. The summed E-state index contributed by atoms with van der Waals surface area (Å²) in [6.07, 6.45) is 2.45. The molecule has 0 saturated carbocycles. The van der Waals surface area contributed by atoms with Gasteiger partial charge < -0.3 is 20.6 Å². The van der Waals surface area contributed by atoms with Crippen molar-refractivity contribution in [1.82, 2.24) is 5.32 Å². The fraction of sp³-hybridized carbons (Fsp3) is 0.269. The number of hydrogen-bond donors (Lipinski definition) is 3. The third kappa shape index (κ3) is 3.94. The fourth-order valence-electron chi connectivity index (χ4n) is 4.86. The molecule has 0 aromatic heterocycles. The van der Waals surface area contributed by atoms with Crippen LogP contribution in [-0.2, 0) is 4.79 Å². The molecule has 2 atom stereocenters. The second kappa shape index (κ2) is 8.28. The molecular weight excluding hydrogens is 405 g/mol. The van der Waals surface area contributed by atoms with E-state index in [1.807, 2.05) is 24.3 Å². The summed E-state index contributed by atoms with van der Waals surface area (Å²) < 4.78 is 14.5. The molecule has 2 unspecified atom stereocenters. The number of fused-ring (bicyclic) bond motifs is 2. The minimum Gasteiger partial charge on any atom is -0.507 e. The van der Waals surface area contributed by atoms with Crippen LogP contribution in [0.1, 0.15) is 19.8 Å². The number of nitrogens with zero attached hydrogens (tertiary/aromatic N) is 1. The molecule has 2 heterocycles. The molecule has 2 fully saturated rings. The molecule has 32 heavy (non-hydrogen) atoms. The van der Waals surface area contributed by atoms with E-state index in [1.165, 1.54) is 31.9 Å². The highest BCUT2D eigenvalue weighted by molar-refractivity contribution is 5.89. The summed E-state index contributed by atoms with van der Waals surface area (Å²) in [4.78, 5) is 13.6. The van der Waals surface area contributed by atoms with Crippen LogP contribution in [-0.4, -0.2) is 36.2 Å². The van der Waals surface area contributed by atoms with Crippen molar-refractivity contribution in [2.24, 2.45) is 0 Å². The Morgan fingerprint density at radius 3 is 2.31 bits per heavy atom. The van der Waals surface area contributed by atoms with Gasteiger partial charge in [-0.25, -0.2) is 4.39 Å². The molecule has 5 nitrogen and oxygen atoms in total. The maximum absolute atomic E-state index is 14.5. The maximum atomic E-state index is 14.5. The van der Waals surface area contributed by atoms with Gasteiger partial charge in [-0.2, -0.15) is 0 Å². The average molecular weight is 432 g/mol. The van der Waals surface area contributed by atoms with Gasteiger partial charge in [0.05, 0.1) is 5.69 Å². The quantitative estimate of drug-likeness (QED) is 0.557. The molecule has 164 valence electrons. The number of aromatic hydroxyl groups is 1. The van der Waals surface area contributed by atoms with Crippen molar-refractivity contribution in [3.05, 3.63) is 66.5 Å². The zero-order valence-corrected chi connectivity index (χ0v) is 17.9. The largest absolute Gasteiger partial charge is 0.507 e. The first-order valence-electron chi connectivity index (χ1n) is 11.0. The molecule has 5 rings (SSSR count). The molecule has 2 aliphatic rings. The summed E-state index contributed by atoms with van der Waals surface area (Å²) in [6.45, 7) is 3.32. The molecule has 2 saturated heterocycles. The molecular formula is C26H26FN3O2. The summed E-state index contributed by atoms with van der Waals surface area (Å²) >= 11 is 0. The number of halogens is 1. The summed E-state index contributed by atoms with van der Waals surface area (Å²) in [5.74, 6) is -0.770. The molecule has 0 spiro atoms. The normalized spacial score (nSPS) is 19.8. The average Bonchev–Trinajstić information content (AvgIpc) is 3.12. The standard InChI is InChI=1S/C26H26FN3O2/c1-16(31)28-25-11-8-18(13-24(25)27)23-7-3-6-22(26(23)32)17-4-2-5-21(12-17)30-14-19-9-10-20(15-30)29-19/h2-8,11-13,19-20,29,32H,9-10,14-15H2,1H3,(H,28,31). The van der Waals surface area contributed by atoms with Crippen LogP contribution in [0.5, 0.6) is 5.75 Å². The second-order valence-electron chi connectivity index (χ2n) is 8.67. The van der Waals surface area contributed by atoms with E-state index >= 15 is 0 Å². The summed E-state index contributed by atoms with van der Waals surface area (Å²) in [7, 11) is 0. The van der Waals surface area contributed by atoms with E-state index in [0.29, 0.717) is 28.8 Å². The van der Waals surface area contributed by atoms with Gasteiger partial charge in [-0.3, -0.25) is 4.79 Å². The highest BCUT2D eigenvalue weighted by atomic mass is 19.1. The molecule has 2 bridgehead atoms. The van der Waals surface area contributed by atoms with E-state index in [4.69, 9.17) is 0 Å². The number of para-hydroxylation sites is 1. The van der Waals surface area contributed by atoms with Gasteiger partial charge in [0, 0.05) is 48.9 Å². The van der Waals surface area contributed by atoms with Crippen molar-refractivity contribution >= 4 is 17.3 Å². The van der Waals surface area contributed by atoms with Crippen LogP contribution >= 0.6 is 0 Å². The fourth-order valence-corrected chi connectivity index (χ4v) is 4.86. The number of nitrogens with one attached hydrogen (secondary N) is 2. The van der Waals surface area contributed by atoms with Crippen molar-refractivity contribution < 1.29 is 14.3 Å². The van der Waals surface area contributed by atoms with Crippen molar-refractivity contribution in [2.45, 2.75) is 31.8 Å². The minimum atomic E-state index is -0.544. The highest BCUT2D eigenvalue weighted by Gasteiger charge is 2.32. The SMILES string of the molecule is CC(=O)Nc1ccc(-c2cccc(-c3cccc(N4CC5CCC(C4)N5)c3)c2O)cc1F. The first-order valence-corrected chi connectivity index (χ1v) is 11.0. The van der Waals surface area contributed by atoms with E-state index in [1.54, 1.807) is 12.1 Å². The lowest BCUT2D eigenvalue weighted by Crippen LogP contribution is -2.51. The van der Waals surface area contributed by atoms with Gasteiger partial charge in [-0.05, 0) is 48.2 Å². The Morgan fingerprint density at radius 2 is 1.66 bits per heavy atom. The number of amides is 1. The molecule has 0 aliphatic carbocycles. The number of benzene rings is 3. The van der Waals surface area contributed by atoms with Crippen LogP contribution in [0.25, 0.3) is 22.3 Å². The van der Waals surface area contributed by atoms with Gasteiger partial charge in [0.2, 0.25) is 5.91 Å². The summed E-state index contributed by atoms with van der Waals surface area (Å²) in [5.41, 5.74) is 3.98. The van der Waals surface area contributed by atoms with Gasteiger partial charge in [0.1, 0.15) is 11.6 Å². The van der Waals surface area contributed by atoms with Crippen LogP contribution in [0.4, 0.5) is 15.8 Å². The van der Waals surface area contributed by atoms with Crippen LogP contribution in [0, 0.1) is 5.82 Å². The van der Waals surface area contributed by atoms with E-state index in [0.717, 1.165) is 24.3 Å². The van der Waals surface area contributed by atoms with Crippen molar-refractivity contribution in [3.63, 3.8) is 0 Å². The van der Waals surface area contributed by atoms with Crippen LogP contribution < -0.4 is 15.5 Å². The third-order valence-corrected chi connectivity index (χ3v) is 6.37. The third-order valence-electron chi connectivity index (χ3n) is 6.37. The first kappa shape index (κ1) is 20.5. The smallest absolute Gasteiger partial charge is 0.221 e. The predicted octanol–water partition coefficient (Wildman–Crippen LogP) is 4.76. The highest BCUT2D eigenvalue weighted by Crippen LogP contribution is 2.40. The Morgan fingerprint density at radius 1 is 1.00 bits per heavy atom. The second-order valence-corrected chi connectivity index (χ2v) is 8.67. The van der Waals surface area contributed by atoms with Crippen molar-refractivity contribution in [1.29, 1.82) is 0 Å². The number of piperazine rings is 1. The number of hydrogen-bond acceptors (Lipinski definition) is 4. The Kier molecular flexibility index (Phi) is 5.31. The van der Waals surface area contributed by atoms with Gasteiger partial charge in [-0.1, -0.05) is 36.4 Å². The van der Waals surface area contributed by atoms with Crippen LogP contribution in [0.15, 0.2) is 60.7 Å². The van der Waals surface area contributed by atoms with E-state index < -0.39 is 5.82 Å². The molecule has 3 N–H and O–H groups in total.